The molecule has 0 aromatic rings. The SMILES string of the molecule is CC(C)(C)[Si](C)(C)OC(=O)CCCCCCCCCCCC(=O)O[Si](C)(C)C(C)(C)C. The standard InChI is InChI=1S/C25H52O4Si2/c1-24(2,3)30(7,8)28-22(26)20-18-16-14-12-11-13-15-17-19-21-23(27)29-31(9,10)25(4,5)6/h11-21H2,1-10H3. The summed E-state index contributed by atoms with van der Waals surface area (Å²) in [6.07, 6.45) is 11.2. The Morgan fingerprint density at radius 3 is 0.968 bits per heavy atom. The van der Waals surface area contributed by atoms with E-state index < -0.39 is 16.6 Å². The lowest BCUT2D eigenvalue weighted by molar-refractivity contribution is -0.136. The highest BCUT2D eigenvalue weighted by Crippen LogP contribution is 2.37. The van der Waals surface area contributed by atoms with Crippen molar-refractivity contribution in [1.29, 1.82) is 0 Å². The molecule has 0 atom stereocenters. The zero-order chi connectivity index (χ0) is 24.3. The van der Waals surface area contributed by atoms with E-state index in [9.17, 15) is 9.59 Å². The number of carbonyl (C=O) groups is 2. The minimum absolute atomic E-state index is 0.0151. The van der Waals surface area contributed by atoms with Crippen molar-refractivity contribution in [3.63, 3.8) is 0 Å². The predicted octanol–water partition coefficient (Wildman–Crippen LogP) is 8.37. The minimum atomic E-state index is -1.97. The van der Waals surface area contributed by atoms with Crippen molar-refractivity contribution >= 4 is 28.6 Å². The first-order chi connectivity index (χ1) is 14.0. The molecule has 0 fully saturated rings. The van der Waals surface area contributed by atoms with E-state index in [2.05, 4.69) is 67.7 Å². The number of rotatable bonds is 14. The summed E-state index contributed by atoms with van der Waals surface area (Å²) in [5.41, 5.74) is 0. The first-order valence-corrected chi connectivity index (χ1v) is 18.2. The van der Waals surface area contributed by atoms with Crippen LogP contribution in [0.3, 0.4) is 0 Å². The van der Waals surface area contributed by atoms with Gasteiger partial charge in [0.05, 0.1) is 0 Å². The van der Waals surface area contributed by atoms with E-state index in [1.165, 1.54) is 32.1 Å². The average Bonchev–Trinajstić information content (AvgIpc) is 2.56. The van der Waals surface area contributed by atoms with E-state index in [1.54, 1.807) is 0 Å². The van der Waals surface area contributed by atoms with Crippen molar-refractivity contribution in [3.05, 3.63) is 0 Å². The van der Waals surface area contributed by atoms with E-state index in [-0.39, 0.29) is 22.0 Å². The van der Waals surface area contributed by atoms with Gasteiger partial charge in [-0.2, -0.15) is 0 Å². The molecule has 0 aliphatic heterocycles. The number of hydrogen-bond acceptors (Lipinski definition) is 4. The van der Waals surface area contributed by atoms with E-state index in [0.717, 1.165) is 25.7 Å². The Kier molecular flexibility index (Phi) is 12.9. The Morgan fingerprint density at radius 1 is 0.516 bits per heavy atom. The molecule has 0 saturated heterocycles. The summed E-state index contributed by atoms with van der Waals surface area (Å²) in [4.78, 5) is 24.2. The fourth-order valence-electron chi connectivity index (χ4n) is 2.75. The molecule has 31 heavy (non-hydrogen) atoms. The fraction of sp³-hybridized carbons (Fsp3) is 0.920. The topological polar surface area (TPSA) is 52.6 Å². The molecule has 0 unspecified atom stereocenters. The van der Waals surface area contributed by atoms with Crippen molar-refractivity contribution in [2.75, 3.05) is 0 Å². The highest BCUT2D eigenvalue weighted by Gasteiger charge is 2.41. The summed E-state index contributed by atoms with van der Waals surface area (Å²) in [5, 5.41) is 0.154. The molecule has 0 aliphatic rings. The van der Waals surface area contributed by atoms with Gasteiger partial charge in [0.2, 0.25) is 0 Å². The Balaban J connectivity index is 3.67. The molecule has 0 aromatic heterocycles. The molecule has 0 saturated carbocycles. The Labute approximate surface area is 195 Å². The van der Waals surface area contributed by atoms with E-state index in [4.69, 9.17) is 8.85 Å². The van der Waals surface area contributed by atoms with Gasteiger partial charge in [-0.25, -0.2) is 0 Å². The van der Waals surface area contributed by atoms with Gasteiger partial charge in [-0.15, -0.1) is 0 Å². The molecule has 0 radical (unpaired) electrons. The lowest BCUT2D eigenvalue weighted by Gasteiger charge is -2.35. The molecule has 0 N–H and O–H groups in total. The second-order valence-electron chi connectivity index (χ2n) is 12.2. The third-order valence-electron chi connectivity index (χ3n) is 7.11. The summed E-state index contributed by atoms with van der Waals surface area (Å²) >= 11 is 0. The predicted molar refractivity (Wildman–Crippen MR) is 137 cm³/mol. The van der Waals surface area contributed by atoms with Crippen LogP contribution in [0.5, 0.6) is 0 Å². The van der Waals surface area contributed by atoms with Gasteiger partial charge in [0.15, 0.2) is 0 Å². The molecule has 6 heteroatoms. The van der Waals surface area contributed by atoms with Crippen LogP contribution in [0.1, 0.15) is 112 Å². The monoisotopic (exact) mass is 472 g/mol. The van der Waals surface area contributed by atoms with Gasteiger partial charge in [0.1, 0.15) is 0 Å². The van der Waals surface area contributed by atoms with Crippen molar-refractivity contribution in [2.24, 2.45) is 0 Å². The van der Waals surface area contributed by atoms with E-state index >= 15 is 0 Å². The zero-order valence-corrected chi connectivity index (χ0v) is 24.4. The van der Waals surface area contributed by atoms with Gasteiger partial charge >= 0.3 is 0 Å². The normalized spacial score (nSPS) is 13.2. The third kappa shape index (κ3) is 12.9. The van der Waals surface area contributed by atoms with Crippen LogP contribution in [-0.4, -0.2) is 28.6 Å². The second-order valence-corrected chi connectivity index (χ2v) is 21.6. The van der Waals surface area contributed by atoms with Gasteiger partial charge in [-0.05, 0) is 49.1 Å². The smallest absolute Gasteiger partial charge is 0.292 e. The summed E-state index contributed by atoms with van der Waals surface area (Å²) < 4.78 is 11.6. The van der Waals surface area contributed by atoms with E-state index in [1.807, 2.05) is 0 Å². The molecule has 0 rings (SSSR count). The molecule has 0 aromatic carbocycles. The number of carbonyl (C=O) groups excluding carboxylic acids is 2. The van der Waals surface area contributed by atoms with Gasteiger partial charge in [0.25, 0.3) is 28.6 Å². The van der Waals surface area contributed by atoms with Crippen LogP contribution in [-0.2, 0) is 18.4 Å². The van der Waals surface area contributed by atoms with Gasteiger partial charge in [-0.3, -0.25) is 9.59 Å². The lowest BCUT2D eigenvalue weighted by Crippen LogP contribution is -2.42. The first kappa shape index (κ1) is 30.4. The Hall–Kier alpha value is -0.626. The van der Waals surface area contributed by atoms with Crippen LogP contribution >= 0.6 is 0 Å². The van der Waals surface area contributed by atoms with Crippen LogP contribution in [0.2, 0.25) is 36.3 Å². The highest BCUT2D eigenvalue weighted by molar-refractivity contribution is 6.75. The van der Waals surface area contributed by atoms with Crippen LogP contribution < -0.4 is 0 Å². The van der Waals surface area contributed by atoms with Crippen molar-refractivity contribution in [1.82, 2.24) is 0 Å². The van der Waals surface area contributed by atoms with Crippen LogP contribution in [0.15, 0.2) is 0 Å². The van der Waals surface area contributed by atoms with Crippen molar-refractivity contribution in [2.45, 2.75) is 148 Å². The fourth-order valence-corrected chi connectivity index (χ4v) is 4.71. The highest BCUT2D eigenvalue weighted by atomic mass is 28.4. The molecule has 0 heterocycles. The summed E-state index contributed by atoms with van der Waals surface area (Å²) in [6, 6.07) is 0. The maximum absolute atomic E-state index is 12.1. The molecular formula is C25H52O4Si2. The molecule has 0 bridgehead atoms. The van der Waals surface area contributed by atoms with Crippen molar-refractivity contribution < 1.29 is 18.4 Å². The van der Waals surface area contributed by atoms with Crippen LogP contribution in [0.4, 0.5) is 0 Å². The minimum Gasteiger partial charge on any atom is -0.519 e. The van der Waals surface area contributed by atoms with Crippen LogP contribution in [0.25, 0.3) is 0 Å². The Morgan fingerprint density at radius 2 is 0.742 bits per heavy atom. The maximum atomic E-state index is 12.1. The number of hydrogen-bond donors (Lipinski definition) is 0. The van der Waals surface area contributed by atoms with Crippen molar-refractivity contribution in [3.8, 4) is 0 Å². The number of unbranched alkanes of at least 4 members (excludes halogenated alkanes) is 8. The maximum Gasteiger partial charge on any atom is 0.292 e. The third-order valence-corrected chi connectivity index (χ3v) is 15.8. The molecule has 0 aliphatic carbocycles. The lowest BCUT2D eigenvalue weighted by atomic mass is 10.1. The molecular weight excluding hydrogens is 420 g/mol. The molecule has 0 spiro atoms. The zero-order valence-electron chi connectivity index (χ0n) is 22.4. The Bertz CT molecular complexity index is 495. The summed E-state index contributed by atoms with van der Waals surface area (Å²) in [6.45, 7) is 21.5. The largest absolute Gasteiger partial charge is 0.519 e. The second kappa shape index (κ2) is 13.2. The summed E-state index contributed by atoms with van der Waals surface area (Å²) in [5.74, 6) is -0.0302. The van der Waals surface area contributed by atoms with Gasteiger partial charge < -0.3 is 8.85 Å². The molecule has 4 nitrogen and oxygen atoms in total. The molecule has 184 valence electrons. The summed E-state index contributed by atoms with van der Waals surface area (Å²) in [7, 11) is -3.94. The van der Waals surface area contributed by atoms with E-state index in [0.29, 0.717) is 12.8 Å². The first-order valence-electron chi connectivity index (χ1n) is 12.4. The van der Waals surface area contributed by atoms with Crippen LogP contribution in [0, 0.1) is 0 Å². The quantitative estimate of drug-likeness (QED) is 0.188. The molecule has 0 amide bonds. The average molecular weight is 473 g/mol. The van der Waals surface area contributed by atoms with Gasteiger partial charge in [0, 0.05) is 12.8 Å². The van der Waals surface area contributed by atoms with Gasteiger partial charge in [-0.1, -0.05) is 86.5 Å².